The van der Waals surface area contributed by atoms with Crippen LogP contribution in [0, 0.1) is 5.41 Å². The van der Waals surface area contributed by atoms with E-state index in [0.717, 1.165) is 10.9 Å². The first-order valence-corrected chi connectivity index (χ1v) is 5.60. The van der Waals surface area contributed by atoms with Crippen molar-refractivity contribution >= 4 is 22.5 Å². The molecule has 0 atom stereocenters. The van der Waals surface area contributed by atoms with Gasteiger partial charge in [0.05, 0.1) is 5.52 Å². The van der Waals surface area contributed by atoms with Crippen LogP contribution >= 0.6 is 0 Å². The Balaban J connectivity index is 2.73. The van der Waals surface area contributed by atoms with Gasteiger partial charge in [0.15, 0.2) is 5.69 Å². The Bertz CT molecular complexity index is 627. The van der Waals surface area contributed by atoms with Gasteiger partial charge in [-0.15, -0.1) is 10.2 Å². The predicted octanol–water partition coefficient (Wildman–Crippen LogP) is 2.90. The first kappa shape index (κ1) is 12.1. The Hall–Kier alpha value is -2.37. The first-order chi connectivity index (χ1) is 8.52. The maximum atomic E-state index is 10.2. The van der Waals surface area contributed by atoms with Gasteiger partial charge in [0.2, 0.25) is 11.8 Å². The second-order valence-corrected chi connectivity index (χ2v) is 4.24. The molecule has 4 N–H and O–H groups in total. The van der Waals surface area contributed by atoms with E-state index in [1.165, 1.54) is 0 Å². The summed E-state index contributed by atoms with van der Waals surface area (Å²) in [4.78, 5) is 0. The van der Waals surface area contributed by atoms with Crippen LogP contribution in [0.25, 0.3) is 10.9 Å². The second-order valence-electron chi connectivity index (χ2n) is 4.24. The lowest BCUT2D eigenvalue weighted by molar-refractivity contribution is 0.407. The van der Waals surface area contributed by atoms with Crippen molar-refractivity contribution in [3.63, 3.8) is 0 Å². The molecule has 1 aromatic heterocycles. The van der Waals surface area contributed by atoms with Crippen molar-refractivity contribution < 1.29 is 5.11 Å². The van der Waals surface area contributed by atoms with Crippen LogP contribution in [-0.4, -0.2) is 15.6 Å². The van der Waals surface area contributed by atoms with E-state index in [1.54, 1.807) is 4.57 Å². The van der Waals surface area contributed by atoms with Gasteiger partial charge in [-0.05, 0) is 19.9 Å². The maximum Gasteiger partial charge on any atom is 0.232 e. The molecule has 94 valence electrons. The fourth-order valence-electron chi connectivity index (χ4n) is 1.96. The topological polar surface area (TPSA) is 99.7 Å². The molecule has 0 spiro atoms. The monoisotopic (exact) mass is 245 g/mol. The minimum absolute atomic E-state index is 0.0381. The zero-order chi connectivity index (χ0) is 13.3. The molecule has 18 heavy (non-hydrogen) atoms. The van der Waals surface area contributed by atoms with E-state index in [2.05, 4.69) is 10.2 Å². The van der Waals surface area contributed by atoms with E-state index in [1.807, 2.05) is 38.1 Å². The molecule has 6 heteroatoms. The van der Waals surface area contributed by atoms with Crippen molar-refractivity contribution in [1.29, 1.82) is 5.41 Å². The largest absolute Gasteiger partial charge is 0.493 e. The average Bonchev–Trinajstić information content (AvgIpc) is 2.58. The molecule has 0 aliphatic heterocycles. The number of azo groups is 1. The molecule has 6 nitrogen and oxygen atoms in total. The summed E-state index contributed by atoms with van der Waals surface area (Å²) in [6, 6.07) is 7.60. The molecular weight excluding hydrogens is 230 g/mol. The molecule has 0 bridgehead atoms. The van der Waals surface area contributed by atoms with Gasteiger partial charge < -0.3 is 15.4 Å². The molecule has 1 heterocycles. The number of aromatic hydroxyl groups is 1. The van der Waals surface area contributed by atoms with E-state index in [4.69, 9.17) is 11.1 Å². The van der Waals surface area contributed by atoms with Gasteiger partial charge in [-0.25, -0.2) is 0 Å². The highest BCUT2D eigenvalue weighted by Crippen LogP contribution is 2.40. The van der Waals surface area contributed by atoms with E-state index < -0.39 is 5.96 Å². The van der Waals surface area contributed by atoms with Crippen molar-refractivity contribution in [3.8, 4) is 5.88 Å². The molecule has 2 rings (SSSR count). The summed E-state index contributed by atoms with van der Waals surface area (Å²) in [5.41, 5.74) is 6.35. The van der Waals surface area contributed by atoms with E-state index in [9.17, 15) is 5.11 Å². The molecule has 0 saturated carbocycles. The standard InChI is InChI=1S/C12H15N5O/c1-7(2)17-9-6-4-3-5-8(9)10(11(17)18)15-16-12(13)14/h3-7,18H,1-2H3,(H3,13,14). The smallest absolute Gasteiger partial charge is 0.232 e. The second kappa shape index (κ2) is 4.48. The van der Waals surface area contributed by atoms with E-state index >= 15 is 0 Å². The van der Waals surface area contributed by atoms with Crippen LogP contribution in [0.1, 0.15) is 19.9 Å². The summed E-state index contributed by atoms with van der Waals surface area (Å²) in [5.74, 6) is -0.355. The summed E-state index contributed by atoms with van der Waals surface area (Å²) >= 11 is 0. The maximum absolute atomic E-state index is 10.2. The van der Waals surface area contributed by atoms with Gasteiger partial charge in [-0.3, -0.25) is 5.41 Å². The third kappa shape index (κ3) is 1.92. The van der Waals surface area contributed by atoms with Gasteiger partial charge in [0.25, 0.3) is 0 Å². The van der Waals surface area contributed by atoms with Crippen LogP contribution in [0.4, 0.5) is 5.69 Å². The number of rotatable bonds is 2. The van der Waals surface area contributed by atoms with Crippen LogP contribution in [0.2, 0.25) is 0 Å². The zero-order valence-corrected chi connectivity index (χ0v) is 10.3. The van der Waals surface area contributed by atoms with Gasteiger partial charge in [0.1, 0.15) is 0 Å². The van der Waals surface area contributed by atoms with Crippen molar-refractivity contribution in [1.82, 2.24) is 4.57 Å². The summed E-state index contributed by atoms with van der Waals surface area (Å²) < 4.78 is 1.77. The predicted molar refractivity (Wildman–Crippen MR) is 70.4 cm³/mol. The summed E-state index contributed by atoms with van der Waals surface area (Å²) in [6.07, 6.45) is 0. The third-order valence-corrected chi connectivity index (χ3v) is 2.63. The lowest BCUT2D eigenvalue weighted by atomic mass is 10.2. The molecule has 0 radical (unpaired) electrons. The number of hydrogen-bond acceptors (Lipinski definition) is 3. The molecule has 0 amide bonds. The van der Waals surface area contributed by atoms with Crippen molar-refractivity contribution in [3.05, 3.63) is 24.3 Å². The fourth-order valence-corrected chi connectivity index (χ4v) is 1.96. The van der Waals surface area contributed by atoms with E-state index in [-0.39, 0.29) is 11.9 Å². The van der Waals surface area contributed by atoms with Crippen molar-refractivity contribution in [2.75, 3.05) is 0 Å². The normalized spacial score (nSPS) is 11.7. The highest BCUT2D eigenvalue weighted by atomic mass is 16.3. The van der Waals surface area contributed by atoms with Gasteiger partial charge in [-0.2, -0.15) is 0 Å². The Morgan fingerprint density at radius 3 is 2.67 bits per heavy atom. The SMILES string of the molecule is CC(C)n1c(O)c(N=NC(=N)N)c2ccccc21. The van der Waals surface area contributed by atoms with Crippen LogP contribution in [0.5, 0.6) is 5.88 Å². The molecular formula is C12H15N5O. The summed E-state index contributed by atoms with van der Waals surface area (Å²) in [6.45, 7) is 3.94. The minimum atomic E-state index is -0.393. The highest BCUT2D eigenvalue weighted by Gasteiger charge is 2.17. The van der Waals surface area contributed by atoms with Gasteiger partial charge in [-0.1, -0.05) is 18.2 Å². The summed E-state index contributed by atoms with van der Waals surface area (Å²) in [7, 11) is 0. The minimum Gasteiger partial charge on any atom is -0.493 e. The van der Waals surface area contributed by atoms with E-state index in [0.29, 0.717) is 5.69 Å². The number of nitrogens with one attached hydrogen (secondary N) is 1. The first-order valence-electron chi connectivity index (χ1n) is 5.60. The molecule has 1 aromatic carbocycles. The molecule has 0 aliphatic rings. The number of hydrogen-bond donors (Lipinski definition) is 3. The van der Waals surface area contributed by atoms with Gasteiger partial charge >= 0.3 is 0 Å². The lowest BCUT2D eigenvalue weighted by Gasteiger charge is -2.10. The molecule has 0 fully saturated rings. The third-order valence-electron chi connectivity index (χ3n) is 2.63. The number of guanidine groups is 1. The Morgan fingerprint density at radius 1 is 1.39 bits per heavy atom. The number of nitrogens with two attached hydrogens (primary N) is 1. The van der Waals surface area contributed by atoms with Crippen molar-refractivity contribution in [2.45, 2.75) is 19.9 Å². The van der Waals surface area contributed by atoms with Crippen LogP contribution in [0.3, 0.4) is 0 Å². The molecule has 2 aromatic rings. The summed E-state index contributed by atoms with van der Waals surface area (Å²) in [5, 5.41) is 25.4. The fraction of sp³-hybridized carbons (Fsp3) is 0.250. The Kier molecular flexibility index (Phi) is 3.01. The lowest BCUT2D eigenvalue weighted by Crippen LogP contribution is -2.03. The van der Waals surface area contributed by atoms with Crippen LogP contribution in [-0.2, 0) is 0 Å². The number of benzene rings is 1. The number of aromatic nitrogens is 1. The number of fused-ring (bicyclic) bond motifs is 1. The molecule has 0 aliphatic carbocycles. The highest BCUT2D eigenvalue weighted by molar-refractivity contribution is 5.95. The van der Waals surface area contributed by atoms with Crippen LogP contribution in [0.15, 0.2) is 34.5 Å². The molecule has 0 saturated heterocycles. The zero-order valence-electron chi connectivity index (χ0n) is 10.3. The Labute approximate surface area is 104 Å². The van der Waals surface area contributed by atoms with Crippen molar-refractivity contribution in [2.24, 2.45) is 16.0 Å². The quantitative estimate of drug-likeness (QED) is 0.430. The van der Waals surface area contributed by atoms with Gasteiger partial charge in [0, 0.05) is 11.4 Å². The Morgan fingerprint density at radius 2 is 2.06 bits per heavy atom. The molecule has 0 unspecified atom stereocenters. The average molecular weight is 245 g/mol. The number of para-hydroxylation sites is 1. The number of nitrogens with zero attached hydrogens (tertiary/aromatic N) is 3. The van der Waals surface area contributed by atoms with Crippen LogP contribution < -0.4 is 5.73 Å².